The first-order valence-electron chi connectivity index (χ1n) is 5.23. The van der Waals surface area contributed by atoms with Crippen LogP contribution in [0.15, 0.2) is 0 Å². The monoisotopic (exact) mass is 228 g/mol. The van der Waals surface area contributed by atoms with Crippen molar-refractivity contribution < 1.29 is 19.5 Å². The number of carboxylic acid groups (broad SMARTS) is 1. The van der Waals surface area contributed by atoms with Crippen LogP contribution in [0.2, 0.25) is 0 Å². The van der Waals surface area contributed by atoms with E-state index in [2.05, 4.69) is 5.32 Å². The largest absolute Gasteiger partial charge is 0.481 e. The van der Waals surface area contributed by atoms with Gasteiger partial charge in [0.2, 0.25) is 5.91 Å². The van der Waals surface area contributed by atoms with Crippen molar-refractivity contribution in [3.05, 3.63) is 0 Å². The fourth-order valence-corrected chi connectivity index (χ4v) is 1.78. The first-order valence-corrected chi connectivity index (χ1v) is 5.23. The molecule has 0 aromatic rings. The molecule has 2 unspecified atom stereocenters. The molecule has 90 valence electrons. The van der Waals surface area contributed by atoms with E-state index in [-0.39, 0.29) is 24.8 Å². The second-order valence-electron chi connectivity index (χ2n) is 4.16. The Kier molecular flexibility index (Phi) is 4.00. The lowest BCUT2D eigenvalue weighted by atomic mass is 9.91. The first kappa shape index (κ1) is 12.6. The van der Waals surface area contributed by atoms with E-state index in [1.165, 1.54) is 0 Å². The van der Waals surface area contributed by atoms with Crippen molar-refractivity contribution in [3.63, 3.8) is 0 Å². The van der Waals surface area contributed by atoms with Gasteiger partial charge in [-0.15, -0.1) is 0 Å². The molecule has 0 bridgehead atoms. The van der Waals surface area contributed by atoms with Crippen molar-refractivity contribution in [2.75, 3.05) is 0 Å². The number of hydrogen-bond donors (Lipinski definition) is 3. The average molecular weight is 228 g/mol. The number of Topliss-reactive ketones (excluding diaryl/α,β-unsaturated/α-hetero) is 1. The van der Waals surface area contributed by atoms with Crippen LogP contribution in [0, 0.1) is 5.92 Å². The van der Waals surface area contributed by atoms with Crippen LogP contribution in [0.4, 0.5) is 0 Å². The number of hydrogen-bond acceptors (Lipinski definition) is 4. The molecule has 1 rings (SSSR count). The van der Waals surface area contributed by atoms with Gasteiger partial charge in [0.05, 0.1) is 6.04 Å². The van der Waals surface area contributed by atoms with Crippen molar-refractivity contribution in [1.82, 2.24) is 5.32 Å². The standard InChI is InChI=1S/C10H16N2O4/c1-5(11)4-6(10(15)16)9(14)7-2-3-8(13)12-7/h5-7H,2-4,11H2,1H3,(H,12,13)(H,15,16)/t5?,6?,7-/m0/s1. The minimum atomic E-state index is -1.18. The number of amides is 1. The number of nitrogens with one attached hydrogen (secondary N) is 1. The Morgan fingerprint density at radius 2 is 2.25 bits per heavy atom. The Bertz CT molecular complexity index is 314. The molecule has 6 heteroatoms. The molecule has 1 aliphatic rings. The molecule has 1 aliphatic heterocycles. The van der Waals surface area contributed by atoms with Crippen molar-refractivity contribution in [3.8, 4) is 0 Å². The summed E-state index contributed by atoms with van der Waals surface area (Å²) >= 11 is 0. The van der Waals surface area contributed by atoms with E-state index in [1.807, 2.05) is 0 Å². The third kappa shape index (κ3) is 3.03. The topological polar surface area (TPSA) is 109 Å². The van der Waals surface area contributed by atoms with Gasteiger partial charge in [-0.05, 0) is 19.8 Å². The normalized spacial score (nSPS) is 23.6. The molecular formula is C10H16N2O4. The highest BCUT2D eigenvalue weighted by molar-refractivity contribution is 6.03. The molecule has 0 radical (unpaired) electrons. The Balaban J connectivity index is 2.67. The van der Waals surface area contributed by atoms with Gasteiger partial charge < -0.3 is 16.2 Å². The minimum Gasteiger partial charge on any atom is -0.481 e. The van der Waals surface area contributed by atoms with Crippen LogP contribution in [0.25, 0.3) is 0 Å². The number of carbonyl (C=O) groups excluding carboxylic acids is 2. The Hall–Kier alpha value is -1.43. The molecule has 0 saturated carbocycles. The van der Waals surface area contributed by atoms with Crippen LogP contribution < -0.4 is 11.1 Å². The zero-order valence-electron chi connectivity index (χ0n) is 9.10. The lowest BCUT2D eigenvalue weighted by Gasteiger charge is -2.17. The highest BCUT2D eigenvalue weighted by Crippen LogP contribution is 2.16. The number of carbonyl (C=O) groups is 3. The predicted molar refractivity (Wildman–Crippen MR) is 55.6 cm³/mol. The summed E-state index contributed by atoms with van der Waals surface area (Å²) in [4.78, 5) is 33.7. The highest BCUT2D eigenvalue weighted by Gasteiger charge is 2.36. The second kappa shape index (κ2) is 5.07. The molecule has 0 aromatic carbocycles. The van der Waals surface area contributed by atoms with Gasteiger partial charge >= 0.3 is 5.97 Å². The van der Waals surface area contributed by atoms with Gasteiger partial charge in [0.1, 0.15) is 5.92 Å². The van der Waals surface area contributed by atoms with E-state index in [0.717, 1.165) is 0 Å². The molecule has 3 atom stereocenters. The maximum atomic E-state index is 11.8. The van der Waals surface area contributed by atoms with Crippen molar-refractivity contribution in [1.29, 1.82) is 0 Å². The molecule has 1 fully saturated rings. The van der Waals surface area contributed by atoms with E-state index in [1.54, 1.807) is 6.92 Å². The van der Waals surface area contributed by atoms with Crippen LogP contribution in [0.3, 0.4) is 0 Å². The third-order valence-electron chi connectivity index (χ3n) is 2.59. The fraction of sp³-hybridized carbons (Fsp3) is 0.700. The van der Waals surface area contributed by atoms with Gasteiger partial charge in [0.25, 0.3) is 0 Å². The van der Waals surface area contributed by atoms with Crippen molar-refractivity contribution in [2.24, 2.45) is 11.7 Å². The molecule has 0 aliphatic carbocycles. The summed E-state index contributed by atoms with van der Waals surface area (Å²) in [5.41, 5.74) is 5.49. The number of nitrogens with two attached hydrogens (primary N) is 1. The van der Waals surface area contributed by atoms with E-state index in [0.29, 0.717) is 6.42 Å². The zero-order chi connectivity index (χ0) is 12.3. The van der Waals surface area contributed by atoms with Crippen LogP contribution >= 0.6 is 0 Å². The van der Waals surface area contributed by atoms with Gasteiger partial charge in [-0.3, -0.25) is 14.4 Å². The lowest BCUT2D eigenvalue weighted by molar-refractivity contribution is -0.147. The molecule has 16 heavy (non-hydrogen) atoms. The average Bonchev–Trinajstić information content (AvgIpc) is 2.59. The molecular weight excluding hydrogens is 212 g/mol. The van der Waals surface area contributed by atoms with E-state index >= 15 is 0 Å². The van der Waals surface area contributed by atoms with Crippen LogP contribution in [-0.4, -0.2) is 34.8 Å². The fourth-order valence-electron chi connectivity index (χ4n) is 1.78. The molecule has 1 saturated heterocycles. The summed E-state index contributed by atoms with van der Waals surface area (Å²) in [7, 11) is 0. The summed E-state index contributed by atoms with van der Waals surface area (Å²) in [6.45, 7) is 1.65. The molecule has 0 spiro atoms. The van der Waals surface area contributed by atoms with Gasteiger partial charge in [-0.1, -0.05) is 0 Å². The zero-order valence-corrected chi connectivity index (χ0v) is 9.10. The van der Waals surface area contributed by atoms with Gasteiger partial charge in [0, 0.05) is 12.5 Å². The van der Waals surface area contributed by atoms with Gasteiger partial charge in [-0.2, -0.15) is 0 Å². The number of aliphatic carboxylic acids is 1. The first-order chi connectivity index (χ1) is 7.41. The SMILES string of the molecule is CC(N)CC(C(=O)O)C(=O)[C@@H]1CCC(=O)N1. The smallest absolute Gasteiger partial charge is 0.314 e. The molecule has 4 N–H and O–H groups in total. The molecule has 1 amide bonds. The van der Waals surface area contributed by atoms with Crippen LogP contribution in [0.1, 0.15) is 26.2 Å². The number of rotatable bonds is 5. The summed E-state index contributed by atoms with van der Waals surface area (Å²) in [5, 5.41) is 11.4. The Morgan fingerprint density at radius 3 is 2.62 bits per heavy atom. The molecule has 6 nitrogen and oxygen atoms in total. The van der Waals surface area contributed by atoms with E-state index in [4.69, 9.17) is 10.8 Å². The third-order valence-corrected chi connectivity index (χ3v) is 2.59. The quantitative estimate of drug-likeness (QED) is 0.537. The maximum Gasteiger partial charge on any atom is 0.314 e. The second-order valence-corrected chi connectivity index (χ2v) is 4.16. The minimum absolute atomic E-state index is 0.0978. The van der Waals surface area contributed by atoms with Crippen molar-refractivity contribution >= 4 is 17.7 Å². The van der Waals surface area contributed by atoms with Crippen molar-refractivity contribution in [2.45, 2.75) is 38.3 Å². The van der Waals surface area contributed by atoms with Gasteiger partial charge in [-0.25, -0.2) is 0 Å². The van der Waals surface area contributed by atoms with E-state index < -0.39 is 23.7 Å². The summed E-state index contributed by atoms with van der Waals surface area (Å²) in [6.07, 6.45) is 0.752. The maximum absolute atomic E-state index is 11.8. The summed E-state index contributed by atoms with van der Waals surface area (Å²) in [6, 6.07) is -1.02. The highest BCUT2D eigenvalue weighted by atomic mass is 16.4. The molecule has 0 aromatic heterocycles. The van der Waals surface area contributed by atoms with Gasteiger partial charge in [0.15, 0.2) is 5.78 Å². The number of carboxylic acids is 1. The lowest BCUT2D eigenvalue weighted by Crippen LogP contribution is -2.42. The summed E-state index contributed by atoms with van der Waals surface area (Å²) in [5.74, 6) is -2.95. The van der Waals surface area contributed by atoms with Crippen LogP contribution in [0.5, 0.6) is 0 Å². The Labute approximate surface area is 93.2 Å². The molecule has 1 heterocycles. The van der Waals surface area contributed by atoms with E-state index in [9.17, 15) is 14.4 Å². The van der Waals surface area contributed by atoms with Crippen LogP contribution in [-0.2, 0) is 14.4 Å². The summed E-state index contributed by atoms with van der Waals surface area (Å²) < 4.78 is 0. The predicted octanol–water partition coefficient (Wildman–Crippen LogP) is -0.728. The number of ketones is 1. The Morgan fingerprint density at radius 1 is 1.62 bits per heavy atom.